The van der Waals surface area contributed by atoms with E-state index in [0.29, 0.717) is 26.1 Å². The SMILES string of the molecule is OC1(c2ccc(Cl)c(Cl)c2F)CCOCC1. The zero-order chi connectivity index (χ0) is 11.8. The second-order valence-electron chi connectivity index (χ2n) is 3.87. The molecule has 0 amide bonds. The molecule has 0 aliphatic carbocycles. The quantitative estimate of drug-likeness (QED) is 0.790. The van der Waals surface area contributed by atoms with Gasteiger partial charge in [-0.1, -0.05) is 29.3 Å². The number of hydrogen-bond donors (Lipinski definition) is 1. The van der Waals surface area contributed by atoms with Gasteiger partial charge in [0.25, 0.3) is 0 Å². The molecule has 0 spiro atoms. The summed E-state index contributed by atoms with van der Waals surface area (Å²) >= 11 is 11.4. The summed E-state index contributed by atoms with van der Waals surface area (Å²) in [5, 5.41) is 10.3. The van der Waals surface area contributed by atoms with Crippen molar-refractivity contribution in [3.8, 4) is 0 Å². The Morgan fingerprint density at radius 3 is 2.50 bits per heavy atom. The number of ether oxygens (including phenoxy) is 1. The lowest BCUT2D eigenvalue weighted by atomic mass is 9.86. The van der Waals surface area contributed by atoms with E-state index < -0.39 is 11.4 Å². The summed E-state index contributed by atoms with van der Waals surface area (Å²) in [6.07, 6.45) is 0.726. The van der Waals surface area contributed by atoms with Crippen molar-refractivity contribution < 1.29 is 14.2 Å². The number of halogens is 3. The van der Waals surface area contributed by atoms with Crippen molar-refractivity contribution in [1.82, 2.24) is 0 Å². The van der Waals surface area contributed by atoms with E-state index in [1.165, 1.54) is 12.1 Å². The maximum absolute atomic E-state index is 13.9. The number of aliphatic hydroxyl groups is 1. The highest BCUT2D eigenvalue weighted by molar-refractivity contribution is 6.42. The van der Waals surface area contributed by atoms with Gasteiger partial charge in [0, 0.05) is 31.6 Å². The molecule has 0 aromatic heterocycles. The number of benzene rings is 1. The minimum absolute atomic E-state index is 0.140. The van der Waals surface area contributed by atoms with Gasteiger partial charge >= 0.3 is 0 Å². The zero-order valence-corrected chi connectivity index (χ0v) is 9.98. The fourth-order valence-corrected chi connectivity index (χ4v) is 2.17. The molecule has 1 aromatic carbocycles. The van der Waals surface area contributed by atoms with Gasteiger partial charge in [-0.2, -0.15) is 0 Å². The normalized spacial score (nSPS) is 19.8. The van der Waals surface area contributed by atoms with Gasteiger partial charge in [0.05, 0.1) is 15.6 Å². The highest BCUT2D eigenvalue weighted by Crippen LogP contribution is 2.37. The predicted octanol–water partition coefficient (Wildman–Crippen LogP) is 3.13. The molecular weight excluding hydrogens is 254 g/mol. The average molecular weight is 265 g/mol. The summed E-state index contributed by atoms with van der Waals surface area (Å²) in [7, 11) is 0. The Morgan fingerprint density at radius 1 is 1.25 bits per heavy atom. The van der Waals surface area contributed by atoms with Crippen molar-refractivity contribution in [3.05, 3.63) is 33.6 Å². The van der Waals surface area contributed by atoms with Crippen LogP contribution in [-0.2, 0) is 10.3 Å². The van der Waals surface area contributed by atoms with Crippen molar-refractivity contribution in [2.45, 2.75) is 18.4 Å². The molecule has 1 aromatic rings. The zero-order valence-electron chi connectivity index (χ0n) is 8.47. The van der Waals surface area contributed by atoms with Gasteiger partial charge in [0.15, 0.2) is 0 Å². The number of rotatable bonds is 1. The highest BCUT2D eigenvalue weighted by atomic mass is 35.5. The molecule has 1 heterocycles. The van der Waals surface area contributed by atoms with Crippen molar-refractivity contribution >= 4 is 23.2 Å². The standard InChI is InChI=1S/C11H11Cl2FO2/c12-8-2-1-7(10(14)9(8)13)11(15)3-5-16-6-4-11/h1-2,15H,3-6H2. The summed E-state index contributed by atoms with van der Waals surface area (Å²) in [6.45, 7) is 0.826. The molecule has 1 N–H and O–H groups in total. The van der Waals surface area contributed by atoms with Crippen LogP contribution in [-0.4, -0.2) is 18.3 Å². The molecule has 1 saturated heterocycles. The van der Waals surface area contributed by atoms with Crippen LogP contribution in [0.2, 0.25) is 10.0 Å². The van der Waals surface area contributed by atoms with E-state index in [9.17, 15) is 9.50 Å². The van der Waals surface area contributed by atoms with Gasteiger partial charge in [-0.15, -0.1) is 0 Å². The molecule has 2 rings (SSSR count). The molecule has 0 bridgehead atoms. The van der Waals surface area contributed by atoms with Crippen LogP contribution in [0, 0.1) is 5.82 Å². The molecule has 0 atom stereocenters. The minimum Gasteiger partial charge on any atom is -0.385 e. The molecule has 0 unspecified atom stereocenters. The maximum atomic E-state index is 13.9. The van der Waals surface area contributed by atoms with Crippen molar-refractivity contribution in [2.75, 3.05) is 13.2 Å². The van der Waals surface area contributed by atoms with E-state index in [4.69, 9.17) is 27.9 Å². The van der Waals surface area contributed by atoms with Gasteiger partial charge in [-0.3, -0.25) is 0 Å². The lowest BCUT2D eigenvalue weighted by molar-refractivity contribution is -0.0697. The highest BCUT2D eigenvalue weighted by Gasteiger charge is 2.35. The maximum Gasteiger partial charge on any atom is 0.149 e. The lowest BCUT2D eigenvalue weighted by Gasteiger charge is -2.32. The second kappa shape index (κ2) is 4.49. The monoisotopic (exact) mass is 264 g/mol. The Bertz CT molecular complexity index is 403. The Hall–Kier alpha value is -0.350. The van der Waals surface area contributed by atoms with Gasteiger partial charge in [-0.05, 0) is 6.07 Å². The van der Waals surface area contributed by atoms with E-state index in [1.807, 2.05) is 0 Å². The number of hydrogen-bond acceptors (Lipinski definition) is 2. The van der Waals surface area contributed by atoms with Crippen LogP contribution in [0.3, 0.4) is 0 Å². The molecule has 5 heteroatoms. The Balaban J connectivity index is 2.43. The van der Waals surface area contributed by atoms with E-state index in [1.54, 1.807) is 0 Å². The Morgan fingerprint density at radius 2 is 1.88 bits per heavy atom. The molecule has 2 nitrogen and oxygen atoms in total. The molecule has 88 valence electrons. The van der Waals surface area contributed by atoms with Crippen molar-refractivity contribution in [3.63, 3.8) is 0 Å². The smallest absolute Gasteiger partial charge is 0.149 e. The first-order chi connectivity index (χ1) is 7.54. The van der Waals surface area contributed by atoms with Crippen LogP contribution in [0.4, 0.5) is 4.39 Å². The van der Waals surface area contributed by atoms with Crippen LogP contribution < -0.4 is 0 Å². The molecule has 0 saturated carbocycles. The molecular formula is C11H11Cl2FO2. The fourth-order valence-electron chi connectivity index (χ4n) is 1.86. The predicted molar refractivity (Wildman–Crippen MR) is 60.4 cm³/mol. The van der Waals surface area contributed by atoms with E-state index >= 15 is 0 Å². The first-order valence-electron chi connectivity index (χ1n) is 4.99. The van der Waals surface area contributed by atoms with Gasteiger partial charge in [0.2, 0.25) is 0 Å². The summed E-state index contributed by atoms with van der Waals surface area (Å²) in [4.78, 5) is 0. The summed E-state index contributed by atoms with van der Waals surface area (Å²) in [5.41, 5.74) is -0.999. The first kappa shape index (κ1) is 12.1. The average Bonchev–Trinajstić information content (AvgIpc) is 2.27. The van der Waals surface area contributed by atoms with Crippen molar-refractivity contribution in [2.24, 2.45) is 0 Å². The van der Waals surface area contributed by atoms with E-state index in [2.05, 4.69) is 0 Å². The van der Waals surface area contributed by atoms with Crippen molar-refractivity contribution in [1.29, 1.82) is 0 Å². The third-order valence-electron chi connectivity index (χ3n) is 2.86. The van der Waals surface area contributed by atoms with E-state index in [0.717, 1.165) is 0 Å². The Kier molecular flexibility index (Phi) is 3.40. The summed E-state index contributed by atoms with van der Waals surface area (Å²) in [6, 6.07) is 2.98. The summed E-state index contributed by atoms with van der Waals surface area (Å²) in [5.74, 6) is -0.640. The van der Waals surface area contributed by atoms with Gasteiger partial charge < -0.3 is 9.84 Å². The minimum atomic E-state index is -1.20. The van der Waals surface area contributed by atoms with Crippen LogP contribution in [0.25, 0.3) is 0 Å². The fraction of sp³-hybridized carbons (Fsp3) is 0.455. The van der Waals surface area contributed by atoms with Gasteiger partial charge in [0.1, 0.15) is 5.82 Å². The van der Waals surface area contributed by atoms with Crippen LogP contribution >= 0.6 is 23.2 Å². The van der Waals surface area contributed by atoms with Gasteiger partial charge in [-0.25, -0.2) is 4.39 Å². The topological polar surface area (TPSA) is 29.5 Å². The molecule has 0 radical (unpaired) electrons. The third-order valence-corrected chi connectivity index (χ3v) is 3.64. The largest absolute Gasteiger partial charge is 0.385 e. The van der Waals surface area contributed by atoms with Crippen LogP contribution in [0.1, 0.15) is 18.4 Å². The van der Waals surface area contributed by atoms with Crippen LogP contribution in [0.5, 0.6) is 0 Å². The molecule has 1 aliphatic heterocycles. The van der Waals surface area contributed by atoms with Crippen LogP contribution in [0.15, 0.2) is 12.1 Å². The molecule has 1 aliphatic rings. The first-order valence-corrected chi connectivity index (χ1v) is 5.74. The summed E-state index contributed by atoms with van der Waals surface area (Å²) < 4.78 is 19.0. The van der Waals surface area contributed by atoms with E-state index in [-0.39, 0.29) is 15.6 Å². The molecule has 16 heavy (non-hydrogen) atoms. The lowest BCUT2D eigenvalue weighted by Crippen LogP contribution is -2.34. The molecule has 1 fully saturated rings. The Labute approximate surface area is 103 Å². The third kappa shape index (κ3) is 2.05. The second-order valence-corrected chi connectivity index (χ2v) is 4.65.